The molecule has 0 saturated carbocycles. The lowest BCUT2D eigenvalue weighted by molar-refractivity contribution is 0.0600. The molecule has 0 saturated heterocycles. The summed E-state index contributed by atoms with van der Waals surface area (Å²) >= 11 is 0. The molecule has 3 aromatic carbocycles. The van der Waals surface area contributed by atoms with Crippen molar-refractivity contribution in [3.63, 3.8) is 0 Å². The van der Waals surface area contributed by atoms with Gasteiger partial charge in [0.1, 0.15) is 0 Å². The first-order chi connectivity index (χ1) is 15.7. The summed E-state index contributed by atoms with van der Waals surface area (Å²) in [6.07, 6.45) is 0.598. The topological polar surface area (TPSA) is 102 Å². The van der Waals surface area contributed by atoms with Gasteiger partial charge >= 0.3 is 5.97 Å². The highest BCUT2D eigenvalue weighted by molar-refractivity contribution is 7.92. The Balaban J connectivity index is 1.56. The lowest BCUT2D eigenvalue weighted by Gasteiger charge is -2.12. The second kappa shape index (κ2) is 10.3. The highest BCUT2D eigenvalue weighted by Crippen LogP contribution is 2.21. The van der Waals surface area contributed by atoms with E-state index in [0.29, 0.717) is 35.3 Å². The van der Waals surface area contributed by atoms with Crippen LogP contribution in [0.25, 0.3) is 0 Å². The zero-order valence-electron chi connectivity index (χ0n) is 18.7. The number of sulfonamides is 1. The van der Waals surface area contributed by atoms with Gasteiger partial charge in [-0.2, -0.15) is 0 Å². The van der Waals surface area contributed by atoms with Crippen LogP contribution in [-0.2, 0) is 21.2 Å². The first kappa shape index (κ1) is 24.0. The molecule has 0 aliphatic rings. The standard InChI is InChI=1S/C25H26N2O5S/c1-17-4-5-18(2)23(16-17)33(30,31)27-22-12-10-20(11-13-22)24(28)26-15-14-19-6-8-21(9-7-19)25(29)32-3/h4-13,16,27H,14-15H2,1-3H3,(H,26,28). The van der Waals surface area contributed by atoms with E-state index in [1.165, 1.54) is 7.11 Å². The van der Waals surface area contributed by atoms with Gasteiger partial charge in [-0.05, 0) is 79.4 Å². The van der Waals surface area contributed by atoms with E-state index in [2.05, 4.69) is 14.8 Å². The van der Waals surface area contributed by atoms with E-state index in [4.69, 9.17) is 0 Å². The molecule has 0 aromatic heterocycles. The molecule has 0 aliphatic carbocycles. The molecule has 0 unspecified atom stereocenters. The van der Waals surface area contributed by atoms with Gasteiger partial charge in [-0.1, -0.05) is 24.3 Å². The lowest BCUT2D eigenvalue weighted by Crippen LogP contribution is -2.25. The van der Waals surface area contributed by atoms with Gasteiger partial charge in [0.15, 0.2) is 0 Å². The first-order valence-electron chi connectivity index (χ1n) is 10.4. The molecule has 0 aliphatic heterocycles. The summed E-state index contributed by atoms with van der Waals surface area (Å²) in [6.45, 7) is 4.00. The maximum Gasteiger partial charge on any atom is 0.337 e. The van der Waals surface area contributed by atoms with E-state index >= 15 is 0 Å². The number of amides is 1. The molecule has 33 heavy (non-hydrogen) atoms. The van der Waals surface area contributed by atoms with E-state index in [1.54, 1.807) is 55.5 Å². The zero-order valence-corrected chi connectivity index (χ0v) is 19.5. The van der Waals surface area contributed by atoms with Crippen LogP contribution in [0.2, 0.25) is 0 Å². The fourth-order valence-corrected chi connectivity index (χ4v) is 4.63. The number of anilines is 1. The van der Waals surface area contributed by atoms with Gasteiger partial charge in [-0.3, -0.25) is 9.52 Å². The third-order valence-electron chi connectivity index (χ3n) is 5.11. The van der Waals surface area contributed by atoms with E-state index in [1.807, 2.05) is 25.1 Å². The fraction of sp³-hybridized carbons (Fsp3) is 0.200. The molecule has 0 bridgehead atoms. The van der Waals surface area contributed by atoms with E-state index in [9.17, 15) is 18.0 Å². The second-order valence-corrected chi connectivity index (χ2v) is 9.30. The highest BCUT2D eigenvalue weighted by Gasteiger charge is 2.17. The number of methoxy groups -OCH3 is 1. The molecule has 3 aromatic rings. The summed E-state index contributed by atoms with van der Waals surface area (Å²) in [5.41, 5.74) is 3.75. The van der Waals surface area contributed by atoms with Crippen molar-refractivity contribution >= 4 is 27.6 Å². The number of hydrogen-bond acceptors (Lipinski definition) is 5. The third-order valence-corrected chi connectivity index (χ3v) is 6.63. The predicted octanol–water partition coefficient (Wildman–Crippen LogP) is 3.86. The monoisotopic (exact) mass is 466 g/mol. The average molecular weight is 467 g/mol. The number of esters is 1. The van der Waals surface area contributed by atoms with Crippen molar-refractivity contribution < 1.29 is 22.7 Å². The van der Waals surface area contributed by atoms with Crippen LogP contribution in [-0.4, -0.2) is 33.9 Å². The fourth-order valence-electron chi connectivity index (χ4n) is 3.24. The van der Waals surface area contributed by atoms with Crippen LogP contribution in [0.4, 0.5) is 5.69 Å². The highest BCUT2D eigenvalue weighted by atomic mass is 32.2. The van der Waals surface area contributed by atoms with Crippen molar-refractivity contribution in [3.05, 3.63) is 94.5 Å². The van der Waals surface area contributed by atoms with Crippen LogP contribution in [0.3, 0.4) is 0 Å². The smallest absolute Gasteiger partial charge is 0.337 e. The molecular weight excluding hydrogens is 440 g/mol. The molecule has 1 amide bonds. The third kappa shape index (κ3) is 6.20. The van der Waals surface area contributed by atoms with Gasteiger partial charge in [-0.25, -0.2) is 13.2 Å². The summed E-state index contributed by atoms with van der Waals surface area (Å²) in [4.78, 5) is 24.1. The van der Waals surface area contributed by atoms with Crippen LogP contribution < -0.4 is 10.0 Å². The first-order valence-corrected chi connectivity index (χ1v) is 11.8. The number of benzene rings is 3. The summed E-state index contributed by atoms with van der Waals surface area (Å²) in [5.74, 6) is -0.653. The Kier molecular flexibility index (Phi) is 7.50. The van der Waals surface area contributed by atoms with Crippen molar-refractivity contribution in [2.75, 3.05) is 18.4 Å². The maximum absolute atomic E-state index is 12.7. The minimum Gasteiger partial charge on any atom is -0.465 e. The maximum atomic E-state index is 12.7. The summed E-state index contributed by atoms with van der Waals surface area (Å²) < 4.78 is 32.7. The van der Waals surface area contributed by atoms with Crippen LogP contribution in [0.1, 0.15) is 37.4 Å². The minimum absolute atomic E-state index is 0.226. The average Bonchev–Trinajstić information content (AvgIpc) is 2.80. The molecule has 172 valence electrons. The van der Waals surface area contributed by atoms with Gasteiger partial charge in [-0.15, -0.1) is 0 Å². The van der Waals surface area contributed by atoms with Crippen molar-refractivity contribution in [2.45, 2.75) is 25.2 Å². The van der Waals surface area contributed by atoms with E-state index in [0.717, 1.165) is 11.1 Å². The van der Waals surface area contributed by atoms with Crippen molar-refractivity contribution in [1.82, 2.24) is 5.32 Å². The summed E-state index contributed by atoms with van der Waals surface area (Å²) in [7, 11) is -2.40. The molecule has 3 rings (SSSR count). The molecule has 2 N–H and O–H groups in total. The van der Waals surface area contributed by atoms with Crippen molar-refractivity contribution in [2.24, 2.45) is 0 Å². The number of nitrogens with one attached hydrogen (secondary N) is 2. The SMILES string of the molecule is COC(=O)c1ccc(CCNC(=O)c2ccc(NS(=O)(=O)c3cc(C)ccc3C)cc2)cc1. The Morgan fingerprint density at radius 1 is 0.879 bits per heavy atom. The number of hydrogen-bond donors (Lipinski definition) is 2. The molecule has 0 fully saturated rings. The number of carbonyl (C=O) groups is 2. The normalized spacial score (nSPS) is 11.0. The van der Waals surface area contributed by atoms with Crippen LogP contribution >= 0.6 is 0 Å². The van der Waals surface area contributed by atoms with Gasteiger partial charge in [0.2, 0.25) is 0 Å². The van der Waals surface area contributed by atoms with Crippen LogP contribution in [0.5, 0.6) is 0 Å². The molecule has 8 heteroatoms. The minimum atomic E-state index is -3.73. The Labute approximate surface area is 193 Å². The Morgan fingerprint density at radius 2 is 1.52 bits per heavy atom. The molecule has 0 radical (unpaired) electrons. The Morgan fingerprint density at radius 3 is 2.15 bits per heavy atom. The number of carbonyl (C=O) groups excluding carboxylic acids is 2. The predicted molar refractivity (Wildman–Crippen MR) is 127 cm³/mol. The zero-order chi connectivity index (χ0) is 24.0. The van der Waals surface area contributed by atoms with Crippen LogP contribution in [0.15, 0.2) is 71.6 Å². The largest absolute Gasteiger partial charge is 0.465 e. The van der Waals surface area contributed by atoms with Gasteiger partial charge < -0.3 is 10.1 Å². The van der Waals surface area contributed by atoms with E-state index in [-0.39, 0.29) is 10.8 Å². The van der Waals surface area contributed by atoms with E-state index < -0.39 is 16.0 Å². The number of aryl methyl sites for hydroxylation is 2. The van der Waals surface area contributed by atoms with Gasteiger partial charge in [0, 0.05) is 17.8 Å². The quantitative estimate of drug-likeness (QED) is 0.491. The van der Waals surface area contributed by atoms with Gasteiger partial charge in [0.25, 0.3) is 15.9 Å². The summed E-state index contributed by atoms with van der Waals surface area (Å²) in [6, 6.07) is 18.5. The number of rotatable bonds is 8. The van der Waals surface area contributed by atoms with Gasteiger partial charge in [0.05, 0.1) is 17.6 Å². The molecule has 7 nitrogen and oxygen atoms in total. The Bertz CT molecular complexity index is 1250. The summed E-state index contributed by atoms with van der Waals surface area (Å²) in [5, 5.41) is 2.83. The molecular formula is C25H26N2O5S. The second-order valence-electron chi connectivity index (χ2n) is 7.65. The molecule has 0 spiro atoms. The molecule has 0 heterocycles. The van der Waals surface area contributed by atoms with Crippen LogP contribution in [0, 0.1) is 13.8 Å². The van der Waals surface area contributed by atoms with Crippen molar-refractivity contribution in [1.29, 1.82) is 0 Å². The van der Waals surface area contributed by atoms with Crippen molar-refractivity contribution in [3.8, 4) is 0 Å². The number of ether oxygens (including phenoxy) is 1. The molecule has 0 atom stereocenters. The lowest BCUT2D eigenvalue weighted by atomic mass is 10.1. The Hall–Kier alpha value is -3.65.